The zero-order valence-electron chi connectivity index (χ0n) is 18.4. The van der Waals surface area contributed by atoms with E-state index in [-0.39, 0.29) is 29.9 Å². The first kappa shape index (κ1) is 21.7. The van der Waals surface area contributed by atoms with Crippen molar-refractivity contribution in [2.45, 2.75) is 12.3 Å². The van der Waals surface area contributed by atoms with Gasteiger partial charge in [-0.2, -0.15) is 9.97 Å². The van der Waals surface area contributed by atoms with Gasteiger partial charge in [-0.3, -0.25) is 9.59 Å². The fourth-order valence-corrected chi connectivity index (χ4v) is 3.97. The van der Waals surface area contributed by atoms with Crippen LogP contribution in [0.1, 0.15) is 17.9 Å². The van der Waals surface area contributed by atoms with Gasteiger partial charge in [0.1, 0.15) is 23.1 Å². The van der Waals surface area contributed by atoms with Gasteiger partial charge in [-0.1, -0.05) is 18.2 Å². The van der Waals surface area contributed by atoms with Gasteiger partial charge in [0.15, 0.2) is 0 Å². The molecule has 2 amide bonds. The molecule has 10 nitrogen and oxygen atoms in total. The van der Waals surface area contributed by atoms with E-state index in [1.165, 1.54) is 0 Å². The molecule has 1 fully saturated rings. The second kappa shape index (κ2) is 9.36. The number of nitrogens with one attached hydrogen (secondary N) is 2. The van der Waals surface area contributed by atoms with Crippen LogP contribution in [0.3, 0.4) is 0 Å². The molecule has 174 valence electrons. The first-order chi connectivity index (χ1) is 16.6. The molecule has 10 heteroatoms. The molecule has 5 rings (SSSR count). The van der Waals surface area contributed by atoms with E-state index in [0.29, 0.717) is 49.3 Å². The van der Waals surface area contributed by atoms with E-state index in [1.54, 1.807) is 24.3 Å². The maximum atomic E-state index is 13.1. The molecular weight excluding hydrogens is 436 g/mol. The van der Waals surface area contributed by atoms with Crippen LogP contribution in [-0.4, -0.2) is 48.1 Å². The Labute approximate surface area is 196 Å². The van der Waals surface area contributed by atoms with Gasteiger partial charge in [0.2, 0.25) is 17.8 Å². The second-order valence-corrected chi connectivity index (χ2v) is 8.00. The molecule has 4 N–H and O–H groups in total. The van der Waals surface area contributed by atoms with Crippen molar-refractivity contribution in [1.82, 2.24) is 9.97 Å². The minimum atomic E-state index is -0.803. The molecule has 2 aliphatic heterocycles. The van der Waals surface area contributed by atoms with Crippen molar-refractivity contribution in [3.8, 4) is 11.5 Å². The van der Waals surface area contributed by atoms with Crippen LogP contribution in [0.15, 0.2) is 54.6 Å². The van der Waals surface area contributed by atoms with Crippen LogP contribution in [0, 0.1) is 0 Å². The number of hydrogen-bond acceptors (Lipinski definition) is 8. The number of nitrogen functional groups attached to an aromatic ring is 1. The molecule has 0 aliphatic carbocycles. The number of anilines is 4. The number of carbonyl (C=O) groups is 2. The van der Waals surface area contributed by atoms with Crippen LogP contribution in [-0.2, 0) is 14.3 Å². The minimum absolute atomic E-state index is 0.0432. The molecular formula is C24H24N6O4. The van der Waals surface area contributed by atoms with Crippen LogP contribution in [0.4, 0.5) is 23.3 Å². The third-order valence-corrected chi connectivity index (χ3v) is 5.67. The number of amides is 2. The van der Waals surface area contributed by atoms with Crippen LogP contribution >= 0.6 is 0 Å². The maximum Gasteiger partial charge on any atom is 0.232 e. The molecule has 1 saturated heterocycles. The molecule has 1 aromatic heterocycles. The summed E-state index contributed by atoms with van der Waals surface area (Å²) in [6.07, 6.45) is -0.0432. The fourth-order valence-electron chi connectivity index (χ4n) is 3.97. The number of nitrogens with zero attached hydrogens (tertiary/aromatic N) is 3. The Bertz CT molecular complexity index is 1200. The third-order valence-electron chi connectivity index (χ3n) is 5.67. The molecule has 1 atom stereocenters. The average molecular weight is 460 g/mol. The Hall–Kier alpha value is -4.18. The number of hydrogen-bond donors (Lipinski definition) is 3. The highest BCUT2D eigenvalue weighted by molar-refractivity contribution is 6.05. The van der Waals surface area contributed by atoms with E-state index in [9.17, 15) is 9.59 Å². The van der Waals surface area contributed by atoms with Crippen molar-refractivity contribution < 1.29 is 19.1 Å². The Morgan fingerprint density at radius 3 is 2.50 bits per heavy atom. The Morgan fingerprint density at radius 2 is 1.76 bits per heavy atom. The van der Waals surface area contributed by atoms with Gasteiger partial charge in [-0.15, -0.1) is 0 Å². The van der Waals surface area contributed by atoms with Crippen LogP contribution < -0.4 is 26.0 Å². The highest BCUT2D eigenvalue weighted by atomic mass is 16.5. The van der Waals surface area contributed by atoms with E-state index >= 15 is 0 Å². The lowest BCUT2D eigenvalue weighted by Crippen LogP contribution is -2.38. The molecule has 0 bridgehead atoms. The predicted molar refractivity (Wildman–Crippen MR) is 127 cm³/mol. The zero-order chi connectivity index (χ0) is 23.5. The molecule has 0 saturated carbocycles. The van der Waals surface area contributed by atoms with Gasteiger partial charge in [-0.25, -0.2) is 0 Å². The van der Waals surface area contributed by atoms with Crippen molar-refractivity contribution in [2.24, 2.45) is 0 Å². The van der Waals surface area contributed by atoms with E-state index in [4.69, 9.17) is 15.2 Å². The molecule has 0 spiro atoms. The highest BCUT2D eigenvalue weighted by Crippen LogP contribution is 2.36. The number of fused-ring (bicyclic) bond motifs is 1. The number of morpholine rings is 1. The van der Waals surface area contributed by atoms with Crippen LogP contribution in [0.2, 0.25) is 0 Å². The van der Waals surface area contributed by atoms with Gasteiger partial charge < -0.3 is 30.7 Å². The summed E-state index contributed by atoms with van der Waals surface area (Å²) in [5.74, 6) is 0.761. The number of ether oxygens (including phenoxy) is 2. The van der Waals surface area contributed by atoms with Crippen molar-refractivity contribution in [3.63, 3.8) is 0 Å². The van der Waals surface area contributed by atoms with E-state index in [2.05, 4.69) is 20.6 Å². The minimum Gasteiger partial charge on any atom is -0.457 e. The van der Waals surface area contributed by atoms with Crippen molar-refractivity contribution in [2.75, 3.05) is 47.6 Å². The molecule has 3 aromatic rings. The second-order valence-electron chi connectivity index (χ2n) is 8.00. The number of para-hydroxylation sites is 1. The summed E-state index contributed by atoms with van der Waals surface area (Å²) in [6.45, 7) is 2.37. The topological polar surface area (TPSA) is 132 Å². The SMILES string of the molecule is Nc1nc(N2CCOCC2)nc2c1[C@H](C(=O)Nc1ccc(Oc3ccccc3)cc1)CC(=O)N2. The smallest absolute Gasteiger partial charge is 0.232 e. The molecule has 2 aromatic carbocycles. The van der Waals surface area contributed by atoms with Crippen LogP contribution in [0.25, 0.3) is 0 Å². The fraction of sp³-hybridized carbons (Fsp3) is 0.250. The maximum absolute atomic E-state index is 13.1. The number of benzene rings is 2. The van der Waals surface area contributed by atoms with Crippen molar-refractivity contribution in [3.05, 3.63) is 60.2 Å². The van der Waals surface area contributed by atoms with Crippen molar-refractivity contribution >= 4 is 35.1 Å². The largest absolute Gasteiger partial charge is 0.457 e. The zero-order valence-corrected chi connectivity index (χ0v) is 18.4. The number of nitrogens with two attached hydrogens (primary N) is 1. The number of carbonyl (C=O) groups excluding carboxylic acids is 2. The first-order valence-electron chi connectivity index (χ1n) is 11.0. The summed E-state index contributed by atoms with van der Waals surface area (Å²) in [7, 11) is 0. The highest BCUT2D eigenvalue weighted by Gasteiger charge is 2.35. The standard InChI is InChI=1S/C24H24N6O4/c25-21-20-18(14-19(31)27-22(20)29-24(28-21)30-10-12-33-13-11-30)23(32)26-15-6-8-17(9-7-15)34-16-4-2-1-3-5-16/h1-9,18H,10-14H2,(H,26,32)(H3,25,27,28,29,31)/t18-/m1/s1. The lowest BCUT2D eigenvalue weighted by atomic mass is 9.92. The number of aromatic nitrogens is 2. The Morgan fingerprint density at radius 1 is 1.06 bits per heavy atom. The molecule has 3 heterocycles. The van der Waals surface area contributed by atoms with Gasteiger partial charge in [-0.05, 0) is 36.4 Å². The lowest BCUT2D eigenvalue weighted by Gasteiger charge is -2.30. The van der Waals surface area contributed by atoms with E-state index in [1.807, 2.05) is 35.2 Å². The quantitative estimate of drug-likeness (QED) is 0.530. The summed E-state index contributed by atoms with van der Waals surface area (Å²) in [5.41, 5.74) is 7.25. The van der Waals surface area contributed by atoms with Crippen LogP contribution in [0.5, 0.6) is 11.5 Å². The van der Waals surface area contributed by atoms with Gasteiger partial charge in [0.25, 0.3) is 0 Å². The third kappa shape index (κ3) is 4.62. The number of rotatable bonds is 5. The van der Waals surface area contributed by atoms with Gasteiger partial charge >= 0.3 is 0 Å². The monoisotopic (exact) mass is 460 g/mol. The van der Waals surface area contributed by atoms with E-state index in [0.717, 1.165) is 5.75 Å². The molecule has 0 unspecified atom stereocenters. The molecule has 2 aliphatic rings. The van der Waals surface area contributed by atoms with Crippen molar-refractivity contribution in [1.29, 1.82) is 0 Å². The summed E-state index contributed by atoms with van der Waals surface area (Å²) in [4.78, 5) is 36.3. The Kier molecular flexibility index (Phi) is 5.96. The predicted octanol–water partition coefficient (Wildman–Crippen LogP) is 2.75. The average Bonchev–Trinajstić information content (AvgIpc) is 2.85. The van der Waals surface area contributed by atoms with E-state index < -0.39 is 5.92 Å². The van der Waals surface area contributed by atoms with Gasteiger partial charge in [0.05, 0.1) is 24.7 Å². The first-order valence-corrected chi connectivity index (χ1v) is 11.0. The van der Waals surface area contributed by atoms with Gasteiger partial charge in [0, 0.05) is 25.2 Å². The summed E-state index contributed by atoms with van der Waals surface area (Å²) in [5, 5.41) is 5.59. The lowest BCUT2D eigenvalue weighted by molar-refractivity contribution is -0.123. The molecule has 34 heavy (non-hydrogen) atoms. The normalized spacial score (nSPS) is 17.5. The molecule has 0 radical (unpaired) electrons. The Balaban J connectivity index is 1.33. The summed E-state index contributed by atoms with van der Waals surface area (Å²) in [6, 6.07) is 16.4. The summed E-state index contributed by atoms with van der Waals surface area (Å²) < 4.78 is 11.1. The summed E-state index contributed by atoms with van der Waals surface area (Å²) >= 11 is 0.